The molecule has 0 heterocycles. The highest BCUT2D eigenvalue weighted by Gasteiger charge is 2.21. The summed E-state index contributed by atoms with van der Waals surface area (Å²) in [6.07, 6.45) is 1.29. The molecule has 5 nitrogen and oxygen atoms in total. The van der Waals surface area contributed by atoms with Crippen LogP contribution in [0.3, 0.4) is 0 Å². The Balaban J connectivity index is 2.92. The van der Waals surface area contributed by atoms with Gasteiger partial charge in [0.15, 0.2) is 5.78 Å². The summed E-state index contributed by atoms with van der Waals surface area (Å²) in [5, 5.41) is 3.42. The summed E-state index contributed by atoms with van der Waals surface area (Å²) in [6.45, 7) is 11.8. The van der Waals surface area contributed by atoms with E-state index in [4.69, 9.17) is 14.2 Å². The zero-order valence-electron chi connectivity index (χ0n) is 16.7. The van der Waals surface area contributed by atoms with Crippen LogP contribution in [0.2, 0.25) is 0 Å². The molecule has 5 heteroatoms. The quantitative estimate of drug-likeness (QED) is 0.508. The lowest BCUT2D eigenvalue weighted by Crippen LogP contribution is -2.36. The van der Waals surface area contributed by atoms with Gasteiger partial charge in [-0.25, -0.2) is 0 Å². The highest BCUT2D eigenvalue weighted by atomic mass is 16.5. The van der Waals surface area contributed by atoms with Gasteiger partial charge < -0.3 is 19.5 Å². The second-order valence-electron chi connectivity index (χ2n) is 7.60. The van der Waals surface area contributed by atoms with Crippen LogP contribution in [0.15, 0.2) is 12.1 Å². The largest absolute Gasteiger partial charge is 0.496 e. The van der Waals surface area contributed by atoms with Gasteiger partial charge in [-0.15, -0.1) is 0 Å². The van der Waals surface area contributed by atoms with Crippen molar-refractivity contribution in [3.63, 3.8) is 0 Å². The molecule has 0 amide bonds. The summed E-state index contributed by atoms with van der Waals surface area (Å²) in [5.41, 5.74) is 0.582. The number of nitrogens with one attached hydrogen (secondary N) is 1. The third-order valence-electron chi connectivity index (χ3n) is 3.60. The smallest absolute Gasteiger partial charge is 0.170 e. The van der Waals surface area contributed by atoms with Crippen molar-refractivity contribution in [2.24, 2.45) is 5.92 Å². The molecule has 0 aliphatic rings. The number of rotatable bonds is 10. The van der Waals surface area contributed by atoms with Crippen molar-refractivity contribution in [3.8, 4) is 17.2 Å². The number of methoxy groups -OCH3 is 2. The maximum absolute atomic E-state index is 12.7. The highest BCUT2D eigenvalue weighted by Crippen LogP contribution is 2.35. The van der Waals surface area contributed by atoms with Gasteiger partial charge in [0.05, 0.1) is 20.8 Å². The van der Waals surface area contributed by atoms with E-state index in [1.807, 2.05) is 13.8 Å². The van der Waals surface area contributed by atoms with Gasteiger partial charge in [-0.05, 0) is 39.7 Å². The van der Waals surface area contributed by atoms with Crippen molar-refractivity contribution >= 4 is 5.78 Å². The topological polar surface area (TPSA) is 56.8 Å². The van der Waals surface area contributed by atoms with Crippen LogP contribution in [0.1, 0.15) is 57.8 Å². The maximum Gasteiger partial charge on any atom is 0.170 e. The van der Waals surface area contributed by atoms with Gasteiger partial charge >= 0.3 is 0 Å². The highest BCUT2D eigenvalue weighted by molar-refractivity contribution is 6.01. The van der Waals surface area contributed by atoms with E-state index >= 15 is 0 Å². The SMILES string of the molecule is COc1cc(OC)c(C(=O)CC(C)C)c(OCCCNC(C)(C)C)c1. The Hall–Kier alpha value is -1.75. The lowest BCUT2D eigenvalue weighted by Gasteiger charge is -2.21. The van der Waals surface area contributed by atoms with E-state index in [9.17, 15) is 4.79 Å². The zero-order chi connectivity index (χ0) is 19.0. The van der Waals surface area contributed by atoms with Gasteiger partial charge in [-0.3, -0.25) is 4.79 Å². The van der Waals surface area contributed by atoms with Crippen LogP contribution in [-0.2, 0) is 0 Å². The molecule has 0 fully saturated rings. The third kappa shape index (κ3) is 7.34. The average molecular weight is 351 g/mol. The fraction of sp³-hybridized carbons (Fsp3) is 0.650. The number of ether oxygens (including phenoxy) is 3. The fourth-order valence-electron chi connectivity index (χ4n) is 2.42. The van der Waals surface area contributed by atoms with Crippen LogP contribution in [0.4, 0.5) is 0 Å². The molecular weight excluding hydrogens is 318 g/mol. The van der Waals surface area contributed by atoms with Crippen LogP contribution >= 0.6 is 0 Å². The number of hydrogen-bond donors (Lipinski definition) is 1. The summed E-state index contributed by atoms with van der Waals surface area (Å²) in [4.78, 5) is 12.7. The molecule has 0 bridgehead atoms. The van der Waals surface area contributed by atoms with Crippen LogP contribution in [0.5, 0.6) is 17.2 Å². The lowest BCUT2D eigenvalue weighted by molar-refractivity contribution is 0.0960. The molecule has 0 saturated heterocycles. The van der Waals surface area contributed by atoms with E-state index in [1.165, 1.54) is 0 Å². The van der Waals surface area contributed by atoms with Gasteiger partial charge in [0.2, 0.25) is 0 Å². The zero-order valence-corrected chi connectivity index (χ0v) is 16.7. The number of carbonyl (C=O) groups is 1. The van der Waals surface area contributed by atoms with Gasteiger partial charge in [-0.1, -0.05) is 13.8 Å². The van der Waals surface area contributed by atoms with Crippen molar-refractivity contribution in [2.75, 3.05) is 27.4 Å². The number of ketones is 1. The molecule has 0 radical (unpaired) electrons. The number of hydrogen-bond acceptors (Lipinski definition) is 5. The second-order valence-corrected chi connectivity index (χ2v) is 7.60. The minimum Gasteiger partial charge on any atom is -0.496 e. The Kier molecular flexibility index (Phi) is 8.23. The first-order valence-electron chi connectivity index (χ1n) is 8.85. The average Bonchev–Trinajstić information content (AvgIpc) is 2.51. The minimum atomic E-state index is 0.0253. The number of benzene rings is 1. The molecule has 1 aromatic rings. The van der Waals surface area contributed by atoms with E-state index < -0.39 is 0 Å². The molecule has 0 atom stereocenters. The summed E-state index contributed by atoms with van der Waals surface area (Å²) in [6, 6.07) is 3.48. The lowest BCUT2D eigenvalue weighted by atomic mass is 9.99. The van der Waals surface area contributed by atoms with Gasteiger partial charge in [-0.2, -0.15) is 0 Å². The predicted octanol–water partition coefficient (Wildman–Crippen LogP) is 4.09. The molecule has 142 valence electrons. The Labute approximate surface area is 152 Å². The van der Waals surface area contributed by atoms with Crippen LogP contribution in [0, 0.1) is 5.92 Å². The molecule has 25 heavy (non-hydrogen) atoms. The molecule has 0 aromatic heterocycles. The molecule has 1 N–H and O–H groups in total. The Bertz CT molecular complexity index is 562. The summed E-state index contributed by atoms with van der Waals surface area (Å²) >= 11 is 0. The minimum absolute atomic E-state index is 0.0253. The van der Waals surface area contributed by atoms with Gasteiger partial charge in [0.25, 0.3) is 0 Å². The Morgan fingerprint density at radius 1 is 1.12 bits per heavy atom. The molecular formula is C20H33NO4. The van der Waals surface area contributed by atoms with Crippen molar-refractivity contribution in [1.82, 2.24) is 5.32 Å². The van der Waals surface area contributed by atoms with Gasteiger partial charge in [0, 0.05) is 24.1 Å². The van der Waals surface area contributed by atoms with Crippen molar-refractivity contribution < 1.29 is 19.0 Å². The van der Waals surface area contributed by atoms with Gasteiger partial charge in [0.1, 0.15) is 22.8 Å². The first-order valence-corrected chi connectivity index (χ1v) is 8.85. The molecule has 1 aromatic carbocycles. The Morgan fingerprint density at radius 3 is 2.28 bits per heavy atom. The standard InChI is InChI=1S/C20H33NO4/c1-14(2)11-16(22)19-17(24-7)12-15(23-6)13-18(19)25-10-8-9-21-20(3,4)5/h12-14,21H,8-11H2,1-7H3. The van der Waals surface area contributed by atoms with E-state index in [-0.39, 0.29) is 17.2 Å². The number of Topliss-reactive ketones (excluding diaryl/α,β-unsaturated/α-hetero) is 1. The first kappa shape index (κ1) is 21.3. The number of carbonyl (C=O) groups excluding carboxylic acids is 1. The second kappa shape index (κ2) is 9.66. The molecule has 0 spiro atoms. The van der Waals surface area contributed by atoms with Crippen molar-refractivity contribution in [2.45, 2.75) is 53.0 Å². The van der Waals surface area contributed by atoms with Crippen LogP contribution in [-0.4, -0.2) is 38.7 Å². The summed E-state index contributed by atoms with van der Waals surface area (Å²) < 4.78 is 16.6. The summed E-state index contributed by atoms with van der Waals surface area (Å²) in [7, 11) is 3.14. The predicted molar refractivity (Wildman–Crippen MR) is 101 cm³/mol. The first-order chi connectivity index (χ1) is 11.7. The molecule has 0 saturated carbocycles. The van der Waals surface area contributed by atoms with E-state index in [0.29, 0.717) is 35.8 Å². The van der Waals surface area contributed by atoms with E-state index in [1.54, 1.807) is 26.4 Å². The van der Waals surface area contributed by atoms with Crippen LogP contribution in [0.25, 0.3) is 0 Å². The summed E-state index contributed by atoms with van der Waals surface area (Å²) in [5.74, 6) is 1.92. The molecule has 0 aliphatic carbocycles. The molecule has 1 rings (SSSR count). The Morgan fingerprint density at radius 2 is 1.76 bits per heavy atom. The van der Waals surface area contributed by atoms with E-state index in [0.717, 1.165) is 13.0 Å². The normalized spacial score (nSPS) is 11.5. The van der Waals surface area contributed by atoms with Crippen molar-refractivity contribution in [3.05, 3.63) is 17.7 Å². The van der Waals surface area contributed by atoms with Crippen LogP contribution < -0.4 is 19.5 Å². The van der Waals surface area contributed by atoms with E-state index in [2.05, 4.69) is 26.1 Å². The fourth-order valence-corrected chi connectivity index (χ4v) is 2.42. The molecule has 0 aliphatic heterocycles. The third-order valence-corrected chi connectivity index (χ3v) is 3.60. The van der Waals surface area contributed by atoms with Crippen molar-refractivity contribution in [1.29, 1.82) is 0 Å². The molecule has 0 unspecified atom stereocenters. The monoisotopic (exact) mass is 351 g/mol. The maximum atomic E-state index is 12.7.